The number of rotatable bonds is 12. The van der Waals surface area contributed by atoms with Crippen molar-refractivity contribution in [3.05, 3.63) is 0 Å². The first-order chi connectivity index (χ1) is 7.85. The van der Waals surface area contributed by atoms with Gasteiger partial charge in [0.2, 0.25) is 0 Å². The zero-order valence-electron chi connectivity index (χ0n) is 10.1. The van der Waals surface area contributed by atoms with Crippen LogP contribution in [0.2, 0.25) is 0 Å². The molecule has 0 rings (SSSR count). The standard InChI is InChI=1S/C12H24Cl3P/c13-7-1-4-10-16(11-5-2-8-14)12-6-3-9-15/h1-12H2. The van der Waals surface area contributed by atoms with Crippen LogP contribution < -0.4 is 0 Å². The van der Waals surface area contributed by atoms with Gasteiger partial charge in [-0.2, -0.15) is 0 Å². The molecule has 0 saturated heterocycles. The third-order valence-electron chi connectivity index (χ3n) is 2.57. The van der Waals surface area contributed by atoms with Crippen LogP contribution in [0.15, 0.2) is 0 Å². The summed E-state index contributed by atoms with van der Waals surface area (Å²) in [7, 11) is 0.229. The van der Waals surface area contributed by atoms with Gasteiger partial charge in [0, 0.05) is 17.6 Å². The minimum absolute atomic E-state index is 0.229. The summed E-state index contributed by atoms with van der Waals surface area (Å²) in [6, 6.07) is 0. The fraction of sp³-hybridized carbons (Fsp3) is 1.00. The Hall–Kier alpha value is 1.30. The minimum Gasteiger partial charge on any atom is -0.127 e. The molecule has 0 aromatic heterocycles. The third-order valence-corrected chi connectivity index (χ3v) is 6.22. The van der Waals surface area contributed by atoms with Crippen LogP contribution in [-0.2, 0) is 0 Å². The van der Waals surface area contributed by atoms with Crippen LogP contribution in [0.3, 0.4) is 0 Å². The summed E-state index contributed by atoms with van der Waals surface area (Å²) in [6.07, 6.45) is 11.6. The fourth-order valence-corrected chi connectivity index (χ4v) is 4.88. The highest BCUT2D eigenvalue weighted by molar-refractivity contribution is 7.57. The largest absolute Gasteiger partial charge is 0.127 e. The first-order valence-corrected chi connectivity index (χ1v) is 9.75. The quantitative estimate of drug-likeness (QED) is 0.253. The molecule has 0 aromatic rings. The zero-order chi connectivity index (χ0) is 12.1. The van der Waals surface area contributed by atoms with Crippen molar-refractivity contribution in [3.63, 3.8) is 0 Å². The maximum atomic E-state index is 5.71. The van der Waals surface area contributed by atoms with Crippen LogP contribution in [0, 0.1) is 0 Å². The molecule has 0 aromatic carbocycles. The smallest absolute Gasteiger partial charge is 0.0223 e. The molecule has 0 fully saturated rings. The van der Waals surface area contributed by atoms with Crippen molar-refractivity contribution in [1.29, 1.82) is 0 Å². The maximum Gasteiger partial charge on any atom is 0.0223 e. The second-order valence-electron chi connectivity index (χ2n) is 4.03. The van der Waals surface area contributed by atoms with E-state index in [2.05, 4.69) is 0 Å². The van der Waals surface area contributed by atoms with E-state index in [0.29, 0.717) is 0 Å². The predicted octanol–water partition coefficient (Wildman–Crippen LogP) is 5.53. The monoisotopic (exact) mass is 304 g/mol. The lowest BCUT2D eigenvalue weighted by Gasteiger charge is -2.17. The highest BCUT2D eigenvalue weighted by Gasteiger charge is 2.07. The van der Waals surface area contributed by atoms with Gasteiger partial charge in [-0.1, -0.05) is 0 Å². The van der Waals surface area contributed by atoms with Crippen LogP contribution in [0.1, 0.15) is 38.5 Å². The van der Waals surface area contributed by atoms with Crippen molar-refractivity contribution in [1.82, 2.24) is 0 Å². The van der Waals surface area contributed by atoms with E-state index < -0.39 is 0 Å². The van der Waals surface area contributed by atoms with Gasteiger partial charge in [-0.25, -0.2) is 0 Å². The Kier molecular flexibility index (Phi) is 15.5. The summed E-state index contributed by atoms with van der Waals surface area (Å²) in [5, 5.41) is 0. The fourth-order valence-electron chi connectivity index (χ4n) is 1.63. The molecule has 0 atom stereocenters. The first kappa shape index (κ1) is 17.3. The number of hydrogen-bond acceptors (Lipinski definition) is 0. The first-order valence-electron chi connectivity index (χ1n) is 6.25. The maximum absolute atomic E-state index is 5.71. The van der Waals surface area contributed by atoms with E-state index in [-0.39, 0.29) is 7.92 Å². The average molecular weight is 306 g/mol. The molecule has 0 unspecified atom stereocenters. The van der Waals surface area contributed by atoms with Gasteiger partial charge in [0.05, 0.1) is 0 Å². The molecule has 0 spiro atoms. The van der Waals surface area contributed by atoms with Gasteiger partial charge < -0.3 is 0 Å². The number of unbranched alkanes of at least 4 members (excludes halogenated alkanes) is 3. The SMILES string of the molecule is ClCCCCP(CCCCCl)CCCCCl. The number of alkyl halides is 3. The Morgan fingerprint density at radius 2 is 0.812 bits per heavy atom. The van der Waals surface area contributed by atoms with E-state index in [1.807, 2.05) is 0 Å². The lowest BCUT2D eigenvalue weighted by molar-refractivity contribution is 0.853. The molecule has 16 heavy (non-hydrogen) atoms. The summed E-state index contributed by atoms with van der Waals surface area (Å²) in [5.41, 5.74) is 0. The molecular weight excluding hydrogens is 281 g/mol. The van der Waals surface area contributed by atoms with Crippen molar-refractivity contribution in [2.24, 2.45) is 0 Å². The van der Waals surface area contributed by atoms with Gasteiger partial charge in [0.15, 0.2) is 0 Å². The van der Waals surface area contributed by atoms with Crippen molar-refractivity contribution >= 4 is 42.7 Å². The van der Waals surface area contributed by atoms with Crippen LogP contribution >= 0.6 is 42.7 Å². The summed E-state index contributed by atoms with van der Waals surface area (Å²) >= 11 is 17.1. The van der Waals surface area contributed by atoms with Crippen LogP contribution in [0.5, 0.6) is 0 Å². The Morgan fingerprint density at radius 1 is 0.500 bits per heavy atom. The molecule has 0 radical (unpaired) electrons. The van der Waals surface area contributed by atoms with E-state index in [9.17, 15) is 0 Å². The highest BCUT2D eigenvalue weighted by Crippen LogP contribution is 2.38. The Balaban J connectivity index is 3.58. The van der Waals surface area contributed by atoms with Crippen LogP contribution in [0.25, 0.3) is 0 Å². The second-order valence-corrected chi connectivity index (χ2v) is 7.85. The summed E-state index contributed by atoms with van der Waals surface area (Å²) < 4.78 is 0. The molecule has 4 heteroatoms. The normalized spacial score (nSPS) is 11.2. The minimum atomic E-state index is 0.229. The number of hydrogen-bond donors (Lipinski definition) is 0. The van der Waals surface area contributed by atoms with Crippen molar-refractivity contribution in [2.45, 2.75) is 38.5 Å². The Labute approximate surface area is 117 Å². The van der Waals surface area contributed by atoms with Gasteiger partial charge >= 0.3 is 0 Å². The molecule has 0 saturated carbocycles. The molecule has 0 aliphatic carbocycles. The van der Waals surface area contributed by atoms with E-state index in [0.717, 1.165) is 17.6 Å². The van der Waals surface area contributed by atoms with Gasteiger partial charge in [0.25, 0.3) is 0 Å². The lowest BCUT2D eigenvalue weighted by Crippen LogP contribution is -1.97. The molecule has 0 aliphatic rings. The second kappa shape index (κ2) is 14.4. The van der Waals surface area contributed by atoms with Crippen molar-refractivity contribution in [3.8, 4) is 0 Å². The van der Waals surface area contributed by atoms with Crippen LogP contribution in [0.4, 0.5) is 0 Å². The van der Waals surface area contributed by atoms with Crippen LogP contribution in [-0.4, -0.2) is 36.1 Å². The predicted molar refractivity (Wildman–Crippen MR) is 81.4 cm³/mol. The highest BCUT2D eigenvalue weighted by atomic mass is 35.5. The van der Waals surface area contributed by atoms with E-state index >= 15 is 0 Å². The topological polar surface area (TPSA) is 0 Å². The van der Waals surface area contributed by atoms with Gasteiger partial charge in [-0.15, -0.1) is 42.7 Å². The Bertz CT molecular complexity index is 110. The lowest BCUT2D eigenvalue weighted by atomic mass is 10.4. The molecule has 98 valence electrons. The summed E-state index contributed by atoms with van der Waals surface area (Å²) in [5.74, 6) is 2.44. The summed E-state index contributed by atoms with van der Waals surface area (Å²) in [6.45, 7) is 0. The average Bonchev–Trinajstić information content (AvgIpc) is 2.29. The number of halogens is 3. The molecule has 0 amide bonds. The van der Waals surface area contributed by atoms with E-state index in [1.165, 1.54) is 57.0 Å². The molecule has 0 N–H and O–H groups in total. The zero-order valence-corrected chi connectivity index (χ0v) is 13.2. The van der Waals surface area contributed by atoms with Gasteiger partial charge in [-0.3, -0.25) is 0 Å². The van der Waals surface area contributed by atoms with Gasteiger partial charge in [0.1, 0.15) is 0 Å². The van der Waals surface area contributed by atoms with E-state index in [1.54, 1.807) is 0 Å². The Morgan fingerprint density at radius 3 is 1.06 bits per heavy atom. The third kappa shape index (κ3) is 11.8. The van der Waals surface area contributed by atoms with Crippen molar-refractivity contribution < 1.29 is 0 Å². The van der Waals surface area contributed by atoms with Crippen molar-refractivity contribution in [2.75, 3.05) is 36.1 Å². The molecule has 0 aliphatic heterocycles. The molecule has 0 heterocycles. The van der Waals surface area contributed by atoms with E-state index in [4.69, 9.17) is 34.8 Å². The summed E-state index contributed by atoms with van der Waals surface area (Å²) in [4.78, 5) is 0. The molecular formula is C12H24Cl3P. The molecule has 0 nitrogen and oxygen atoms in total. The molecule has 0 bridgehead atoms. The van der Waals surface area contributed by atoms with Gasteiger partial charge in [-0.05, 0) is 57.0 Å².